The largest absolute Gasteiger partial charge is 0.497 e. The third-order valence-electron chi connectivity index (χ3n) is 3.00. The van der Waals surface area contributed by atoms with Gasteiger partial charge < -0.3 is 9.47 Å². The number of methoxy groups -OCH3 is 2. The van der Waals surface area contributed by atoms with E-state index in [1.54, 1.807) is 55.7 Å². The van der Waals surface area contributed by atoms with Crippen molar-refractivity contribution >= 4 is 35.0 Å². The van der Waals surface area contributed by atoms with Crippen LogP contribution >= 0.6 is 11.6 Å². The fourth-order valence-corrected chi connectivity index (χ4v) is 2.04. The maximum absolute atomic E-state index is 11.9. The maximum Gasteiger partial charge on any atom is 0.356 e. The van der Waals surface area contributed by atoms with E-state index >= 15 is 0 Å². The summed E-state index contributed by atoms with van der Waals surface area (Å²) in [7, 11) is 2.91. The van der Waals surface area contributed by atoms with Gasteiger partial charge in [0.2, 0.25) is 0 Å². The molecule has 0 radical (unpaired) electrons. The van der Waals surface area contributed by atoms with Crippen molar-refractivity contribution in [2.24, 2.45) is 4.99 Å². The van der Waals surface area contributed by atoms with Crippen LogP contribution in [-0.4, -0.2) is 25.9 Å². The molecule has 0 aliphatic heterocycles. The highest BCUT2D eigenvalue weighted by molar-refractivity contribution is 6.42. The second-order valence-electron chi connectivity index (χ2n) is 4.57. The zero-order valence-corrected chi connectivity index (χ0v) is 13.6. The minimum Gasteiger partial charge on any atom is -0.497 e. The van der Waals surface area contributed by atoms with Gasteiger partial charge in [-0.25, -0.2) is 9.79 Å². The van der Waals surface area contributed by atoms with Crippen LogP contribution < -0.4 is 4.74 Å². The molecule has 0 spiro atoms. The van der Waals surface area contributed by atoms with Crippen molar-refractivity contribution in [3.63, 3.8) is 0 Å². The number of esters is 1. The van der Waals surface area contributed by atoms with Crippen molar-refractivity contribution in [3.05, 3.63) is 65.2 Å². The van der Waals surface area contributed by atoms with E-state index in [-0.39, 0.29) is 5.71 Å². The normalized spacial score (nSPS) is 11.5. The molecular formula is C18H16ClNO3. The number of ether oxygens (including phenoxy) is 2. The molecule has 0 aromatic heterocycles. The summed E-state index contributed by atoms with van der Waals surface area (Å²) in [6.45, 7) is 0. The van der Waals surface area contributed by atoms with E-state index in [2.05, 4.69) is 4.99 Å². The summed E-state index contributed by atoms with van der Waals surface area (Å²) in [6.07, 6.45) is 3.35. The molecule has 0 bridgehead atoms. The molecule has 118 valence electrons. The molecule has 23 heavy (non-hydrogen) atoms. The van der Waals surface area contributed by atoms with Crippen LogP contribution in [0.25, 0.3) is 6.08 Å². The Bertz CT molecular complexity index is 736. The fraction of sp³-hybridized carbons (Fsp3) is 0.111. The van der Waals surface area contributed by atoms with Crippen molar-refractivity contribution in [2.75, 3.05) is 14.2 Å². The molecule has 5 heteroatoms. The first-order valence-electron chi connectivity index (χ1n) is 6.87. The lowest BCUT2D eigenvalue weighted by Crippen LogP contribution is -2.12. The van der Waals surface area contributed by atoms with E-state index in [1.807, 2.05) is 12.1 Å². The van der Waals surface area contributed by atoms with Gasteiger partial charge >= 0.3 is 5.97 Å². The second-order valence-corrected chi connectivity index (χ2v) is 5.01. The smallest absolute Gasteiger partial charge is 0.356 e. The highest BCUT2D eigenvalue weighted by Gasteiger charge is 2.08. The standard InChI is InChI=1S/C18H16ClNO3/c1-22-16-9-7-15(8-10-16)20-17(18(21)23-2)11-6-13-4-3-5-14(19)12-13/h3-12H,1-2H3/b11-6+,20-17?. The number of halogens is 1. The summed E-state index contributed by atoms with van der Waals surface area (Å²) in [5.41, 5.74) is 1.68. The third kappa shape index (κ3) is 4.97. The Morgan fingerprint density at radius 3 is 2.48 bits per heavy atom. The van der Waals surface area contributed by atoms with Gasteiger partial charge in [-0.05, 0) is 48.0 Å². The molecule has 2 aromatic carbocycles. The number of nitrogens with zero attached hydrogens (tertiary/aromatic N) is 1. The quantitative estimate of drug-likeness (QED) is 0.606. The average Bonchev–Trinajstić information content (AvgIpc) is 2.58. The molecule has 0 amide bonds. The Balaban J connectivity index is 2.29. The SMILES string of the molecule is COC(=O)C(/C=C/c1cccc(Cl)c1)=Nc1ccc(OC)cc1. The summed E-state index contributed by atoms with van der Waals surface area (Å²) < 4.78 is 9.86. The van der Waals surface area contributed by atoms with Gasteiger partial charge in [0.15, 0.2) is 0 Å². The van der Waals surface area contributed by atoms with Gasteiger partial charge in [-0.2, -0.15) is 0 Å². The first-order valence-corrected chi connectivity index (χ1v) is 7.25. The van der Waals surface area contributed by atoms with Crippen LogP contribution in [0, 0.1) is 0 Å². The predicted molar refractivity (Wildman–Crippen MR) is 92.6 cm³/mol. The molecule has 2 aromatic rings. The molecule has 0 atom stereocenters. The van der Waals surface area contributed by atoms with E-state index in [4.69, 9.17) is 21.1 Å². The molecule has 2 rings (SSSR count). The molecule has 4 nitrogen and oxygen atoms in total. The second kappa shape index (κ2) is 8.15. The zero-order chi connectivity index (χ0) is 16.7. The van der Waals surface area contributed by atoms with Gasteiger partial charge in [0, 0.05) is 5.02 Å². The first-order chi connectivity index (χ1) is 11.1. The summed E-state index contributed by atoms with van der Waals surface area (Å²) in [4.78, 5) is 16.2. The van der Waals surface area contributed by atoms with Crippen molar-refractivity contribution in [1.29, 1.82) is 0 Å². The highest BCUT2D eigenvalue weighted by atomic mass is 35.5. The number of hydrogen-bond acceptors (Lipinski definition) is 4. The molecule has 0 aliphatic rings. The van der Waals surface area contributed by atoms with E-state index in [1.165, 1.54) is 7.11 Å². The molecule has 0 N–H and O–H groups in total. The topological polar surface area (TPSA) is 47.9 Å². The minimum atomic E-state index is -0.515. The van der Waals surface area contributed by atoms with Gasteiger partial charge in [0.25, 0.3) is 0 Å². The van der Waals surface area contributed by atoms with Crippen LogP contribution in [-0.2, 0) is 9.53 Å². The van der Waals surface area contributed by atoms with E-state index in [0.29, 0.717) is 10.7 Å². The van der Waals surface area contributed by atoms with Gasteiger partial charge in [0.1, 0.15) is 11.5 Å². The summed E-state index contributed by atoms with van der Waals surface area (Å²) in [5, 5.41) is 0.624. The minimum absolute atomic E-state index is 0.192. The monoisotopic (exact) mass is 329 g/mol. The average molecular weight is 330 g/mol. The van der Waals surface area contributed by atoms with Gasteiger partial charge in [-0.1, -0.05) is 29.8 Å². The number of carbonyl (C=O) groups excluding carboxylic acids is 1. The van der Waals surface area contributed by atoms with E-state index < -0.39 is 5.97 Å². The molecular weight excluding hydrogens is 314 g/mol. The fourth-order valence-electron chi connectivity index (χ4n) is 1.84. The lowest BCUT2D eigenvalue weighted by Gasteiger charge is -2.02. The van der Waals surface area contributed by atoms with E-state index in [9.17, 15) is 4.79 Å². The van der Waals surface area contributed by atoms with Crippen LogP contribution in [0.2, 0.25) is 5.02 Å². The first kappa shape index (κ1) is 16.8. The van der Waals surface area contributed by atoms with Crippen LogP contribution in [0.4, 0.5) is 5.69 Å². The molecule has 0 heterocycles. The van der Waals surface area contributed by atoms with Crippen LogP contribution in [0.15, 0.2) is 59.6 Å². The van der Waals surface area contributed by atoms with E-state index in [0.717, 1.165) is 11.3 Å². The van der Waals surface area contributed by atoms with Crippen LogP contribution in [0.3, 0.4) is 0 Å². The highest BCUT2D eigenvalue weighted by Crippen LogP contribution is 2.18. The Hall–Kier alpha value is -2.59. The Morgan fingerprint density at radius 1 is 1.13 bits per heavy atom. The van der Waals surface area contributed by atoms with Gasteiger partial charge in [0.05, 0.1) is 19.9 Å². The summed E-state index contributed by atoms with van der Waals surface area (Å²) in [6, 6.07) is 14.4. The Kier molecular flexibility index (Phi) is 5.94. The van der Waals surface area contributed by atoms with Crippen molar-refractivity contribution in [1.82, 2.24) is 0 Å². The van der Waals surface area contributed by atoms with Gasteiger partial charge in [-0.3, -0.25) is 0 Å². The summed E-state index contributed by atoms with van der Waals surface area (Å²) >= 11 is 5.94. The maximum atomic E-state index is 11.9. The number of benzene rings is 2. The van der Waals surface area contributed by atoms with Crippen molar-refractivity contribution in [3.8, 4) is 5.75 Å². The molecule has 0 saturated heterocycles. The Labute approximate surface area is 140 Å². The number of aliphatic imine (C=N–C) groups is 1. The lowest BCUT2D eigenvalue weighted by atomic mass is 10.2. The zero-order valence-electron chi connectivity index (χ0n) is 12.8. The molecule has 0 fully saturated rings. The number of rotatable bonds is 5. The molecule has 0 aliphatic carbocycles. The van der Waals surface area contributed by atoms with Crippen molar-refractivity contribution in [2.45, 2.75) is 0 Å². The van der Waals surface area contributed by atoms with Crippen molar-refractivity contribution < 1.29 is 14.3 Å². The van der Waals surface area contributed by atoms with Crippen LogP contribution in [0.5, 0.6) is 5.75 Å². The molecule has 0 saturated carbocycles. The lowest BCUT2D eigenvalue weighted by molar-refractivity contribution is -0.132. The number of carbonyl (C=O) groups is 1. The predicted octanol–water partition coefficient (Wildman–Crippen LogP) is 4.31. The van der Waals surface area contributed by atoms with Gasteiger partial charge in [-0.15, -0.1) is 0 Å². The third-order valence-corrected chi connectivity index (χ3v) is 3.23. The summed E-state index contributed by atoms with van der Waals surface area (Å²) in [5.74, 6) is 0.206. The van der Waals surface area contributed by atoms with Crippen LogP contribution in [0.1, 0.15) is 5.56 Å². The molecule has 0 unspecified atom stereocenters. The Morgan fingerprint density at radius 2 is 1.87 bits per heavy atom. The number of hydrogen-bond donors (Lipinski definition) is 0.